The number of amides is 3. The Morgan fingerprint density at radius 3 is 2.59 bits per heavy atom. The van der Waals surface area contributed by atoms with Gasteiger partial charge in [0.15, 0.2) is 0 Å². The number of nitrogens with zero attached hydrogens (tertiary/aromatic N) is 3. The standard InChI is InChI=1S/C25H27N5O2/c1-16-4-9-21(30(26)25(32)29-10-2-3-11-29)14-22(16)19-8-7-18-13-23(27-15-20(18)12-19)28-24(31)17-5-6-17/h4,7-9,12-15,17H,2-3,5-6,10-11,26H2,1H3,(H,27,28,31). The molecule has 1 aliphatic heterocycles. The maximum Gasteiger partial charge on any atom is 0.338 e. The number of carbonyl (C=O) groups is 2. The van der Waals surface area contributed by atoms with Gasteiger partial charge in [-0.2, -0.15) is 0 Å². The van der Waals surface area contributed by atoms with Gasteiger partial charge in [-0.25, -0.2) is 20.6 Å². The number of urea groups is 1. The molecule has 0 spiro atoms. The summed E-state index contributed by atoms with van der Waals surface area (Å²) in [4.78, 5) is 30.9. The summed E-state index contributed by atoms with van der Waals surface area (Å²) < 4.78 is 0. The third-order valence-corrected chi connectivity index (χ3v) is 6.31. The Kier molecular flexibility index (Phi) is 5.27. The molecular weight excluding hydrogens is 402 g/mol. The van der Waals surface area contributed by atoms with Crippen molar-refractivity contribution in [2.75, 3.05) is 23.4 Å². The molecular formula is C25H27N5O2. The van der Waals surface area contributed by atoms with Crippen LogP contribution in [-0.2, 0) is 4.79 Å². The third kappa shape index (κ3) is 4.03. The van der Waals surface area contributed by atoms with Gasteiger partial charge in [-0.3, -0.25) is 4.79 Å². The first-order chi connectivity index (χ1) is 15.5. The Hall–Kier alpha value is -3.45. The Morgan fingerprint density at radius 1 is 1.06 bits per heavy atom. The number of aromatic nitrogens is 1. The molecule has 7 heteroatoms. The van der Waals surface area contributed by atoms with Gasteiger partial charge in [-0.15, -0.1) is 0 Å². The highest BCUT2D eigenvalue weighted by atomic mass is 16.2. The molecule has 0 bridgehead atoms. The van der Waals surface area contributed by atoms with E-state index in [1.165, 1.54) is 5.01 Å². The SMILES string of the molecule is Cc1ccc(N(N)C(=O)N2CCCC2)cc1-c1ccc2cc(NC(=O)C3CC3)ncc2c1. The summed E-state index contributed by atoms with van der Waals surface area (Å²) >= 11 is 0. The van der Waals surface area contributed by atoms with Crippen LogP contribution in [0.3, 0.4) is 0 Å². The summed E-state index contributed by atoms with van der Waals surface area (Å²) in [5.41, 5.74) is 3.80. The van der Waals surface area contributed by atoms with Crippen LogP contribution in [0.2, 0.25) is 0 Å². The molecule has 7 nitrogen and oxygen atoms in total. The minimum atomic E-state index is -0.166. The molecule has 164 valence electrons. The number of nitrogens with one attached hydrogen (secondary N) is 1. The summed E-state index contributed by atoms with van der Waals surface area (Å²) in [6.07, 6.45) is 5.76. The molecule has 0 unspecified atom stereocenters. The molecule has 3 amide bonds. The molecule has 1 saturated heterocycles. The fourth-order valence-electron chi connectivity index (χ4n) is 4.19. The molecule has 0 radical (unpaired) electrons. The number of rotatable bonds is 4. The monoisotopic (exact) mass is 429 g/mol. The third-order valence-electron chi connectivity index (χ3n) is 6.31. The van der Waals surface area contributed by atoms with Crippen molar-refractivity contribution in [2.45, 2.75) is 32.6 Å². The lowest BCUT2D eigenvalue weighted by molar-refractivity contribution is -0.117. The van der Waals surface area contributed by atoms with Gasteiger partial charge in [0.1, 0.15) is 5.82 Å². The van der Waals surface area contributed by atoms with Gasteiger partial charge in [0.05, 0.1) is 5.69 Å². The lowest BCUT2D eigenvalue weighted by Gasteiger charge is -2.24. The first-order valence-electron chi connectivity index (χ1n) is 11.1. The van der Waals surface area contributed by atoms with Crippen LogP contribution in [0.1, 0.15) is 31.2 Å². The van der Waals surface area contributed by atoms with Gasteiger partial charge in [0, 0.05) is 30.6 Å². The predicted octanol–water partition coefficient (Wildman–Crippen LogP) is 4.45. The molecule has 2 aliphatic rings. The number of likely N-dealkylation sites (tertiary alicyclic amines) is 1. The second kappa shape index (κ2) is 8.24. The molecule has 2 heterocycles. The molecule has 1 saturated carbocycles. The van der Waals surface area contributed by atoms with Gasteiger partial charge < -0.3 is 10.2 Å². The second-order valence-electron chi connectivity index (χ2n) is 8.74. The molecule has 2 aromatic carbocycles. The highest BCUT2D eigenvalue weighted by Crippen LogP contribution is 2.32. The summed E-state index contributed by atoms with van der Waals surface area (Å²) in [6, 6.07) is 13.7. The fraction of sp³-hybridized carbons (Fsp3) is 0.320. The van der Waals surface area contributed by atoms with E-state index in [1.54, 1.807) is 11.1 Å². The molecule has 1 aromatic heterocycles. The minimum Gasteiger partial charge on any atom is -0.323 e. The number of hydrogen-bond donors (Lipinski definition) is 2. The molecule has 5 rings (SSSR count). The molecule has 0 atom stereocenters. The quantitative estimate of drug-likeness (QED) is 0.364. The van der Waals surface area contributed by atoms with Gasteiger partial charge in [0.2, 0.25) is 5.91 Å². The van der Waals surface area contributed by atoms with Crippen molar-refractivity contribution in [3.05, 3.63) is 54.2 Å². The van der Waals surface area contributed by atoms with Crippen molar-refractivity contribution in [1.29, 1.82) is 0 Å². The summed E-state index contributed by atoms with van der Waals surface area (Å²) in [7, 11) is 0. The van der Waals surface area contributed by atoms with Crippen LogP contribution in [0.5, 0.6) is 0 Å². The number of hydrazine groups is 1. The normalized spacial score (nSPS) is 15.8. The summed E-state index contributed by atoms with van der Waals surface area (Å²) in [6.45, 7) is 3.55. The zero-order valence-electron chi connectivity index (χ0n) is 18.2. The van der Waals surface area contributed by atoms with Crippen molar-refractivity contribution in [2.24, 2.45) is 11.8 Å². The molecule has 1 aliphatic carbocycles. The Morgan fingerprint density at radius 2 is 1.84 bits per heavy atom. The van der Waals surface area contributed by atoms with Gasteiger partial charge in [0.25, 0.3) is 0 Å². The number of carbonyl (C=O) groups excluding carboxylic acids is 2. The van der Waals surface area contributed by atoms with E-state index in [9.17, 15) is 9.59 Å². The van der Waals surface area contributed by atoms with Crippen molar-refractivity contribution in [3.8, 4) is 11.1 Å². The van der Waals surface area contributed by atoms with E-state index in [2.05, 4.69) is 16.4 Å². The zero-order valence-corrected chi connectivity index (χ0v) is 18.2. The maximum atomic E-state index is 12.7. The molecule has 32 heavy (non-hydrogen) atoms. The van der Waals surface area contributed by atoms with Crippen LogP contribution in [-0.4, -0.2) is 34.9 Å². The average molecular weight is 430 g/mol. The van der Waals surface area contributed by atoms with Gasteiger partial charge in [-0.05, 0) is 78.9 Å². The minimum absolute atomic E-state index is 0.0516. The number of nitrogens with two attached hydrogens (primary N) is 1. The summed E-state index contributed by atoms with van der Waals surface area (Å²) in [5, 5.41) is 6.13. The Balaban J connectivity index is 1.41. The van der Waals surface area contributed by atoms with Crippen molar-refractivity contribution >= 4 is 34.2 Å². The lowest BCUT2D eigenvalue weighted by atomic mass is 9.97. The van der Waals surface area contributed by atoms with Gasteiger partial charge in [-0.1, -0.05) is 18.2 Å². The Bertz CT molecular complexity index is 1200. The van der Waals surface area contributed by atoms with E-state index in [-0.39, 0.29) is 17.9 Å². The maximum absolute atomic E-state index is 12.7. The predicted molar refractivity (Wildman–Crippen MR) is 126 cm³/mol. The zero-order chi connectivity index (χ0) is 22.2. The average Bonchev–Trinajstić information content (AvgIpc) is 3.52. The van der Waals surface area contributed by atoms with Crippen molar-refractivity contribution < 1.29 is 9.59 Å². The van der Waals surface area contributed by atoms with E-state index >= 15 is 0 Å². The highest BCUT2D eigenvalue weighted by molar-refractivity contribution is 5.96. The van der Waals surface area contributed by atoms with Crippen LogP contribution in [0.25, 0.3) is 21.9 Å². The van der Waals surface area contributed by atoms with E-state index in [0.29, 0.717) is 11.5 Å². The second-order valence-corrected chi connectivity index (χ2v) is 8.74. The van der Waals surface area contributed by atoms with Crippen LogP contribution < -0.4 is 16.2 Å². The molecule has 2 fully saturated rings. The fourth-order valence-corrected chi connectivity index (χ4v) is 4.19. The number of hydrogen-bond acceptors (Lipinski definition) is 4. The lowest BCUT2D eigenvalue weighted by Crippen LogP contribution is -2.46. The van der Waals surface area contributed by atoms with Gasteiger partial charge >= 0.3 is 6.03 Å². The van der Waals surface area contributed by atoms with E-state index < -0.39 is 0 Å². The Labute approximate surface area is 187 Å². The number of fused-ring (bicyclic) bond motifs is 1. The first kappa shape index (κ1) is 20.5. The number of benzene rings is 2. The van der Waals surface area contributed by atoms with Crippen molar-refractivity contribution in [1.82, 2.24) is 9.88 Å². The van der Waals surface area contributed by atoms with E-state index in [1.807, 2.05) is 43.3 Å². The van der Waals surface area contributed by atoms with Crippen LogP contribution >= 0.6 is 0 Å². The number of pyridine rings is 1. The summed E-state index contributed by atoms with van der Waals surface area (Å²) in [5.74, 6) is 6.96. The largest absolute Gasteiger partial charge is 0.338 e. The van der Waals surface area contributed by atoms with E-state index in [0.717, 1.165) is 66.2 Å². The molecule has 3 N–H and O–H groups in total. The van der Waals surface area contributed by atoms with Crippen molar-refractivity contribution in [3.63, 3.8) is 0 Å². The molecule has 3 aromatic rings. The van der Waals surface area contributed by atoms with Crippen LogP contribution in [0, 0.1) is 12.8 Å². The number of aryl methyl sites for hydroxylation is 1. The first-order valence-corrected chi connectivity index (χ1v) is 11.1. The number of anilines is 2. The highest BCUT2D eigenvalue weighted by Gasteiger charge is 2.29. The van der Waals surface area contributed by atoms with Crippen LogP contribution in [0.4, 0.5) is 16.3 Å². The van der Waals surface area contributed by atoms with Crippen LogP contribution in [0.15, 0.2) is 48.7 Å². The smallest absolute Gasteiger partial charge is 0.323 e. The topological polar surface area (TPSA) is 91.6 Å². The van der Waals surface area contributed by atoms with E-state index in [4.69, 9.17) is 5.84 Å².